The molecule has 2 aromatic rings. The fourth-order valence-corrected chi connectivity index (χ4v) is 3.41. The highest BCUT2D eigenvalue weighted by atomic mass is 16.5. The van der Waals surface area contributed by atoms with Crippen molar-refractivity contribution in [1.29, 1.82) is 0 Å². The van der Waals surface area contributed by atoms with Crippen LogP contribution in [-0.2, 0) is 6.54 Å². The Bertz CT molecular complexity index is 712. The maximum absolute atomic E-state index is 5.47. The number of benzene rings is 2. The number of piperidine rings is 1. The highest BCUT2D eigenvalue weighted by molar-refractivity contribution is 5.60. The second-order valence-electron chi connectivity index (χ2n) is 6.61. The Balaban J connectivity index is 1.55. The van der Waals surface area contributed by atoms with Crippen molar-refractivity contribution in [3.05, 3.63) is 48.0 Å². The lowest BCUT2D eigenvalue weighted by Gasteiger charge is -2.33. The van der Waals surface area contributed by atoms with Gasteiger partial charge in [-0.05, 0) is 42.7 Å². The number of rotatable bonds is 7. The number of hydrogen-bond acceptors (Lipinski definition) is 5. The van der Waals surface area contributed by atoms with E-state index >= 15 is 0 Å². The zero-order chi connectivity index (χ0) is 18.4. The van der Waals surface area contributed by atoms with Gasteiger partial charge in [-0.25, -0.2) is 0 Å². The SMILES string of the molecule is COc1cccc(CN2CCC(Nc3cc(OC)ccc3OC)CC2)c1. The first kappa shape index (κ1) is 18.4. The zero-order valence-corrected chi connectivity index (χ0v) is 15.8. The van der Waals surface area contributed by atoms with E-state index in [2.05, 4.69) is 28.4 Å². The number of anilines is 1. The normalized spacial score (nSPS) is 15.5. The van der Waals surface area contributed by atoms with Crippen molar-refractivity contribution in [1.82, 2.24) is 4.90 Å². The van der Waals surface area contributed by atoms with Gasteiger partial charge in [0.2, 0.25) is 0 Å². The highest BCUT2D eigenvalue weighted by Crippen LogP contribution is 2.31. The van der Waals surface area contributed by atoms with E-state index in [9.17, 15) is 0 Å². The fraction of sp³-hybridized carbons (Fsp3) is 0.429. The first-order valence-electron chi connectivity index (χ1n) is 9.05. The molecule has 1 heterocycles. The van der Waals surface area contributed by atoms with Crippen LogP contribution in [0.4, 0.5) is 5.69 Å². The molecule has 1 N–H and O–H groups in total. The summed E-state index contributed by atoms with van der Waals surface area (Å²) in [6, 6.07) is 14.6. The Morgan fingerprint density at radius 2 is 1.65 bits per heavy atom. The van der Waals surface area contributed by atoms with Gasteiger partial charge in [0.25, 0.3) is 0 Å². The molecular weight excluding hydrogens is 328 g/mol. The van der Waals surface area contributed by atoms with Gasteiger partial charge in [0.05, 0.1) is 27.0 Å². The molecule has 26 heavy (non-hydrogen) atoms. The number of likely N-dealkylation sites (tertiary alicyclic amines) is 1. The fourth-order valence-electron chi connectivity index (χ4n) is 3.41. The molecule has 0 aromatic heterocycles. The Morgan fingerprint density at radius 3 is 2.35 bits per heavy atom. The largest absolute Gasteiger partial charge is 0.497 e. The van der Waals surface area contributed by atoms with Crippen LogP contribution >= 0.6 is 0 Å². The molecule has 0 atom stereocenters. The summed E-state index contributed by atoms with van der Waals surface area (Å²) in [5, 5.41) is 3.63. The van der Waals surface area contributed by atoms with Gasteiger partial charge in [-0.15, -0.1) is 0 Å². The van der Waals surface area contributed by atoms with Gasteiger partial charge >= 0.3 is 0 Å². The van der Waals surface area contributed by atoms with Crippen LogP contribution in [0.25, 0.3) is 0 Å². The van der Waals surface area contributed by atoms with Gasteiger partial charge in [0.1, 0.15) is 17.2 Å². The molecule has 0 aliphatic carbocycles. The molecule has 0 unspecified atom stereocenters. The molecule has 0 spiro atoms. The van der Waals surface area contributed by atoms with E-state index in [-0.39, 0.29) is 0 Å². The molecule has 1 aliphatic rings. The maximum Gasteiger partial charge on any atom is 0.142 e. The molecule has 140 valence electrons. The number of hydrogen-bond donors (Lipinski definition) is 1. The summed E-state index contributed by atoms with van der Waals surface area (Å²) >= 11 is 0. The predicted octanol–water partition coefficient (Wildman–Crippen LogP) is 3.79. The van der Waals surface area contributed by atoms with Crippen molar-refractivity contribution in [2.75, 3.05) is 39.7 Å². The number of methoxy groups -OCH3 is 3. The summed E-state index contributed by atoms with van der Waals surface area (Å²) < 4.78 is 16.1. The first-order chi connectivity index (χ1) is 12.7. The third-order valence-corrected chi connectivity index (χ3v) is 4.89. The molecule has 5 nitrogen and oxygen atoms in total. The van der Waals surface area contributed by atoms with Gasteiger partial charge in [-0.3, -0.25) is 4.90 Å². The minimum atomic E-state index is 0.442. The van der Waals surface area contributed by atoms with Crippen LogP contribution in [0.1, 0.15) is 18.4 Å². The number of ether oxygens (including phenoxy) is 3. The van der Waals surface area contributed by atoms with Crippen molar-refractivity contribution < 1.29 is 14.2 Å². The van der Waals surface area contributed by atoms with Gasteiger partial charge in [0, 0.05) is 31.7 Å². The molecule has 0 amide bonds. The van der Waals surface area contributed by atoms with E-state index in [4.69, 9.17) is 14.2 Å². The van der Waals surface area contributed by atoms with Crippen molar-refractivity contribution >= 4 is 5.69 Å². The molecule has 5 heteroatoms. The second kappa shape index (κ2) is 8.81. The Kier molecular flexibility index (Phi) is 6.23. The summed E-state index contributed by atoms with van der Waals surface area (Å²) in [6.45, 7) is 3.11. The average molecular weight is 356 g/mol. The van der Waals surface area contributed by atoms with E-state index in [1.54, 1.807) is 21.3 Å². The minimum Gasteiger partial charge on any atom is -0.497 e. The van der Waals surface area contributed by atoms with Crippen LogP contribution in [0.2, 0.25) is 0 Å². The molecule has 0 saturated carbocycles. The summed E-state index contributed by atoms with van der Waals surface area (Å²) in [5.41, 5.74) is 2.29. The summed E-state index contributed by atoms with van der Waals surface area (Å²) in [4.78, 5) is 2.50. The van der Waals surface area contributed by atoms with E-state index in [1.165, 1.54) is 5.56 Å². The van der Waals surface area contributed by atoms with Crippen molar-refractivity contribution in [3.8, 4) is 17.2 Å². The van der Waals surface area contributed by atoms with Crippen molar-refractivity contribution in [3.63, 3.8) is 0 Å². The Morgan fingerprint density at radius 1 is 0.923 bits per heavy atom. The minimum absolute atomic E-state index is 0.442. The van der Waals surface area contributed by atoms with Crippen LogP contribution in [0, 0.1) is 0 Å². The molecule has 1 fully saturated rings. The van der Waals surface area contributed by atoms with Gasteiger partial charge in [-0.2, -0.15) is 0 Å². The standard InChI is InChI=1S/C21H28N2O3/c1-24-18-6-4-5-16(13-18)15-23-11-9-17(10-12-23)22-20-14-19(25-2)7-8-21(20)26-3/h4-8,13-14,17,22H,9-12,15H2,1-3H3. The Labute approximate surface area is 155 Å². The van der Waals surface area contributed by atoms with E-state index in [0.29, 0.717) is 6.04 Å². The molecule has 2 aromatic carbocycles. The lowest BCUT2D eigenvalue weighted by atomic mass is 10.0. The lowest BCUT2D eigenvalue weighted by Crippen LogP contribution is -2.38. The quantitative estimate of drug-likeness (QED) is 0.818. The molecule has 0 bridgehead atoms. The number of nitrogens with zero attached hydrogens (tertiary/aromatic N) is 1. The summed E-state index contributed by atoms with van der Waals surface area (Å²) in [6.07, 6.45) is 2.20. The van der Waals surface area contributed by atoms with E-state index in [1.807, 2.05) is 24.3 Å². The summed E-state index contributed by atoms with van der Waals surface area (Å²) in [7, 11) is 5.09. The third-order valence-electron chi connectivity index (χ3n) is 4.89. The average Bonchev–Trinajstić information content (AvgIpc) is 2.69. The highest BCUT2D eigenvalue weighted by Gasteiger charge is 2.20. The van der Waals surface area contributed by atoms with Gasteiger partial charge in [0.15, 0.2) is 0 Å². The zero-order valence-electron chi connectivity index (χ0n) is 15.8. The topological polar surface area (TPSA) is 43.0 Å². The Hall–Kier alpha value is -2.40. The van der Waals surface area contributed by atoms with Crippen molar-refractivity contribution in [2.45, 2.75) is 25.4 Å². The molecule has 3 rings (SSSR count). The number of nitrogens with one attached hydrogen (secondary N) is 1. The lowest BCUT2D eigenvalue weighted by molar-refractivity contribution is 0.211. The van der Waals surface area contributed by atoms with Crippen LogP contribution in [0.3, 0.4) is 0 Å². The molecule has 0 radical (unpaired) electrons. The molecule has 1 saturated heterocycles. The summed E-state index contributed by atoms with van der Waals surface area (Å²) in [5.74, 6) is 2.61. The first-order valence-corrected chi connectivity index (χ1v) is 9.05. The third kappa shape index (κ3) is 4.61. The second-order valence-corrected chi connectivity index (χ2v) is 6.61. The van der Waals surface area contributed by atoms with Crippen molar-refractivity contribution in [2.24, 2.45) is 0 Å². The van der Waals surface area contributed by atoms with Crippen LogP contribution in [0.5, 0.6) is 17.2 Å². The van der Waals surface area contributed by atoms with Crippen LogP contribution in [-0.4, -0.2) is 45.4 Å². The monoisotopic (exact) mass is 356 g/mol. The van der Waals surface area contributed by atoms with E-state index < -0.39 is 0 Å². The molecule has 1 aliphatic heterocycles. The molecular formula is C21H28N2O3. The van der Waals surface area contributed by atoms with Gasteiger partial charge < -0.3 is 19.5 Å². The smallest absolute Gasteiger partial charge is 0.142 e. The maximum atomic E-state index is 5.47. The van der Waals surface area contributed by atoms with Crippen LogP contribution in [0.15, 0.2) is 42.5 Å². The van der Waals surface area contributed by atoms with Crippen LogP contribution < -0.4 is 19.5 Å². The van der Waals surface area contributed by atoms with Gasteiger partial charge in [-0.1, -0.05) is 12.1 Å². The predicted molar refractivity (Wildman–Crippen MR) is 104 cm³/mol. The van der Waals surface area contributed by atoms with E-state index in [0.717, 1.165) is 55.4 Å².